The number of ether oxygens (including phenoxy) is 1. The molecule has 0 atom stereocenters. The Morgan fingerprint density at radius 1 is 0.974 bits per heavy atom. The number of carbonyl (C=O) groups is 2. The molecule has 1 aliphatic heterocycles. The number of hydrogen-bond donors (Lipinski definition) is 0. The van der Waals surface area contributed by atoms with Crippen molar-refractivity contribution in [1.29, 1.82) is 0 Å². The van der Waals surface area contributed by atoms with E-state index in [9.17, 15) is 9.59 Å². The van der Waals surface area contributed by atoms with Gasteiger partial charge in [-0.3, -0.25) is 14.6 Å². The van der Waals surface area contributed by atoms with E-state index in [1.807, 2.05) is 52.0 Å². The monoisotopic (exact) mass is 530 g/mol. The summed E-state index contributed by atoms with van der Waals surface area (Å²) in [6, 6.07) is 6.06. The van der Waals surface area contributed by atoms with Crippen molar-refractivity contribution in [3.05, 3.63) is 76.0 Å². The highest BCUT2D eigenvalue weighted by Gasteiger charge is 2.23. The Labute approximate surface area is 236 Å². The van der Waals surface area contributed by atoms with Crippen LogP contribution in [0.3, 0.4) is 0 Å². The van der Waals surface area contributed by atoms with Crippen LogP contribution in [0.5, 0.6) is 0 Å². The summed E-state index contributed by atoms with van der Waals surface area (Å²) >= 11 is 0. The van der Waals surface area contributed by atoms with E-state index < -0.39 is 24.0 Å². The highest BCUT2D eigenvalue weighted by atomic mass is 16.5. The molecule has 39 heavy (non-hydrogen) atoms. The molecule has 0 fully saturated rings. The van der Waals surface area contributed by atoms with Crippen molar-refractivity contribution in [2.45, 2.75) is 53.4 Å². The van der Waals surface area contributed by atoms with E-state index in [-0.39, 0.29) is 23.1 Å². The predicted molar refractivity (Wildman–Crippen MR) is 156 cm³/mol. The van der Waals surface area contributed by atoms with E-state index in [1.165, 1.54) is 12.0 Å². The lowest BCUT2D eigenvalue weighted by Gasteiger charge is -2.22. The minimum Gasteiger partial charge on any atom is -0.469 e. The number of methoxy groups -OCH3 is 1. The molecule has 4 rings (SSSR count). The molecule has 0 saturated heterocycles. The molecule has 2 aromatic rings. The number of hydrogen-bond acceptors (Lipinski definition) is 5. The molecule has 2 aliphatic rings. The van der Waals surface area contributed by atoms with E-state index in [2.05, 4.69) is 9.73 Å². The molecule has 0 radical (unpaired) electrons. The Hall–Kier alpha value is -3.93. The average molecular weight is 531 g/mol. The van der Waals surface area contributed by atoms with Crippen molar-refractivity contribution < 1.29 is 24.2 Å². The predicted octanol–water partition coefficient (Wildman–Crippen LogP) is 6.86. The normalized spacial score (nSPS) is 13.2. The maximum atomic E-state index is 14.1. The maximum Gasteiger partial charge on any atom is 0.305 e. The Morgan fingerprint density at radius 3 is 2.46 bits per heavy atom. The first kappa shape index (κ1) is 23.0. The lowest BCUT2D eigenvalue weighted by molar-refractivity contribution is -0.140. The molecule has 0 bridgehead atoms. The summed E-state index contributed by atoms with van der Waals surface area (Å²) in [4.78, 5) is 31.6. The van der Waals surface area contributed by atoms with Gasteiger partial charge in [-0.1, -0.05) is 24.5 Å². The number of nitrogens with zero attached hydrogens (tertiary/aromatic N) is 2. The summed E-state index contributed by atoms with van der Waals surface area (Å²) in [5.74, 6) is -0.275. The van der Waals surface area contributed by atoms with Crippen molar-refractivity contribution in [3.8, 4) is 22.5 Å². The standard InChI is InChI=1S/C33H38N2O4/c1-7-34-28-20-30-27(18-23(28)4)32(26-17-21(2)22(3)19-29(26)39-30)24-13-10-11-14-25(24)33(37)35(5)16-12-8-9-15-31(36)38-6/h10-11,13-14,17-20H,7-9,12,15-16H2,1-6H3/b34-28-/i10D,11D,13D,14D. The first-order valence-electron chi connectivity index (χ1n) is 15.3. The summed E-state index contributed by atoms with van der Waals surface area (Å²) < 4.78 is 46.0. The van der Waals surface area contributed by atoms with Crippen molar-refractivity contribution in [2.24, 2.45) is 4.99 Å². The largest absolute Gasteiger partial charge is 0.469 e. The quantitative estimate of drug-likeness (QED) is 0.135. The Balaban J connectivity index is 1.97. The minimum atomic E-state index is -0.504. The fourth-order valence-corrected chi connectivity index (χ4v) is 4.75. The van der Waals surface area contributed by atoms with Gasteiger partial charge in [-0.15, -0.1) is 0 Å². The number of carbonyl (C=O) groups excluding carboxylic acids is 2. The van der Waals surface area contributed by atoms with Crippen LogP contribution in [0.4, 0.5) is 0 Å². The Morgan fingerprint density at radius 2 is 1.72 bits per heavy atom. The minimum absolute atomic E-state index is 0.0879. The van der Waals surface area contributed by atoms with Crippen LogP contribution in [0.2, 0.25) is 0 Å². The van der Waals surface area contributed by atoms with E-state index in [4.69, 9.17) is 9.90 Å². The van der Waals surface area contributed by atoms with Gasteiger partial charge in [0.1, 0.15) is 11.3 Å². The molecule has 6 heteroatoms. The third kappa shape index (κ3) is 6.06. The molecule has 0 unspecified atom stereocenters. The zero-order valence-electron chi connectivity index (χ0n) is 27.6. The van der Waals surface area contributed by atoms with Gasteiger partial charge < -0.3 is 14.1 Å². The smallest absolute Gasteiger partial charge is 0.305 e. The molecule has 0 N–H and O–H groups in total. The van der Waals surface area contributed by atoms with Crippen molar-refractivity contribution >= 4 is 22.8 Å². The fraction of sp³-hybridized carbons (Fsp3) is 0.364. The molecule has 1 heterocycles. The van der Waals surface area contributed by atoms with E-state index in [1.54, 1.807) is 7.05 Å². The third-order valence-electron chi connectivity index (χ3n) is 7.08. The van der Waals surface area contributed by atoms with E-state index >= 15 is 0 Å². The number of aryl methyl sites for hydroxylation is 3. The van der Waals surface area contributed by atoms with Gasteiger partial charge >= 0.3 is 5.97 Å². The molecule has 204 valence electrons. The Bertz CT molecular complexity index is 1760. The van der Waals surface area contributed by atoms with Crippen LogP contribution in [0.25, 0.3) is 33.4 Å². The van der Waals surface area contributed by atoms with Gasteiger partial charge in [0.25, 0.3) is 5.91 Å². The summed E-state index contributed by atoms with van der Waals surface area (Å²) in [5.41, 5.74) is 4.62. The summed E-state index contributed by atoms with van der Waals surface area (Å²) in [5, 5.41) is 1.42. The van der Waals surface area contributed by atoms with Crippen LogP contribution in [0.15, 0.2) is 57.8 Å². The number of esters is 1. The first-order chi connectivity index (χ1) is 20.4. The maximum absolute atomic E-state index is 14.1. The van der Waals surface area contributed by atoms with Crippen LogP contribution in [0, 0.1) is 20.8 Å². The average Bonchev–Trinajstić information content (AvgIpc) is 2.98. The number of fused-ring (bicyclic) bond motifs is 2. The zero-order chi connectivity index (χ0) is 31.6. The van der Waals surface area contributed by atoms with Crippen LogP contribution in [-0.2, 0) is 9.53 Å². The second-order valence-corrected chi connectivity index (χ2v) is 9.88. The summed E-state index contributed by atoms with van der Waals surface area (Å²) in [6.07, 6.45) is 2.25. The molecule has 0 saturated carbocycles. The van der Waals surface area contributed by atoms with Crippen LogP contribution < -0.4 is 5.36 Å². The summed E-state index contributed by atoms with van der Waals surface area (Å²) in [7, 11) is 2.98. The van der Waals surface area contributed by atoms with Gasteiger partial charge in [0.2, 0.25) is 0 Å². The van der Waals surface area contributed by atoms with Gasteiger partial charge in [-0.05, 0) is 87.0 Å². The number of amides is 1. The van der Waals surface area contributed by atoms with Crippen LogP contribution in [0.1, 0.15) is 65.1 Å². The van der Waals surface area contributed by atoms with Crippen molar-refractivity contribution in [1.82, 2.24) is 4.90 Å². The fourth-order valence-electron chi connectivity index (χ4n) is 4.75. The topological polar surface area (TPSA) is 72.1 Å². The van der Waals surface area contributed by atoms with Gasteiger partial charge in [0.15, 0.2) is 0 Å². The van der Waals surface area contributed by atoms with Crippen molar-refractivity contribution in [2.75, 3.05) is 27.2 Å². The van der Waals surface area contributed by atoms with Gasteiger partial charge in [0.05, 0.1) is 18.0 Å². The lowest BCUT2D eigenvalue weighted by Crippen LogP contribution is -2.28. The molecule has 1 amide bonds. The van der Waals surface area contributed by atoms with Crippen LogP contribution >= 0.6 is 0 Å². The number of rotatable bonds is 9. The van der Waals surface area contributed by atoms with Crippen LogP contribution in [-0.4, -0.2) is 44.0 Å². The van der Waals surface area contributed by atoms with Gasteiger partial charge in [-0.2, -0.15) is 0 Å². The second-order valence-electron chi connectivity index (χ2n) is 9.88. The number of unbranched alkanes of at least 4 members (excludes halogenated alkanes) is 2. The lowest BCUT2D eigenvalue weighted by atomic mass is 9.88. The molecular formula is C33H38N2O4. The van der Waals surface area contributed by atoms with Gasteiger partial charge in [0, 0.05) is 54.7 Å². The van der Waals surface area contributed by atoms with E-state index in [0.717, 1.165) is 22.0 Å². The Kier molecular flexibility index (Phi) is 7.25. The van der Waals surface area contributed by atoms with Crippen molar-refractivity contribution in [3.63, 3.8) is 0 Å². The first-order valence-corrected chi connectivity index (χ1v) is 13.3. The molecule has 6 nitrogen and oxygen atoms in total. The van der Waals surface area contributed by atoms with E-state index in [0.29, 0.717) is 66.6 Å². The zero-order valence-corrected chi connectivity index (χ0v) is 23.6. The highest BCUT2D eigenvalue weighted by molar-refractivity contribution is 6.09. The van der Waals surface area contributed by atoms with Gasteiger partial charge in [-0.25, -0.2) is 0 Å². The third-order valence-corrected chi connectivity index (χ3v) is 7.08. The molecule has 0 aromatic heterocycles. The number of benzene rings is 3. The second kappa shape index (κ2) is 12.3. The highest BCUT2D eigenvalue weighted by Crippen LogP contribution is 2.42. The molecule has 2 aromatic carbocycles. The SMILES string of the molecule is [2H]c1c([2H])c([2H])c(-c2c3cc(C)/c(=N\CC)cc-3oc3cc(C)c(C)cc23)c(C(=O)N(C)CCCCCC(=O)OC)c1[2H]. The molecule has 1 aliphatic carbocycles. The molecular weight excluding hydrogens is 488 g/mol. The molecule has 0 spiro atoms. The summed E-state index contributed by atoms with van der Waals surface area (Å²) in [6.45, 7) is 8.77.